The second kappa shape index (κ2) is 5.24. The fourth-order valence-electron chi connectivity index (χ4n) is 0. The SMILES string of the molecule is FN(F)C(F)(F)F.OB(O)O. The van der Waals surface area contributed by atoms with Crippen LogP contribution in [0.25, 0.3) is 0 Å². The van der Waals surface area contributed by atoms with Gasteiger partial charge in [-0.05, 0) is 0 Å². The average molecular weight is 183 g/mol. The lowest BCUT2D eigenvalue weighted by Gasteiger charge is -2.01. The summed E-state index contributed by atoms with van der Waals surface area (Å²) in [7, 11) is -2.17. The smallest absolute Gasteiger partial charge is 0.402 e. The molecule has 11 heavy (non-hydrogen) atoms. The summed E-state index contributed by atoms with van der Waals surface area (Å²) in [6, 6.07) is 0. The summed E-state index contributed by atoms with van der Waals surface area (Å²) in [5.74, 6) is 0. The maximum Gasteiger partial charge on any atom is 0.631 e. The minimum absolute atomic E-state index is 2.17. The standard InChI is InChI=1S/CF5N.BH3O3/c2-1(3,4)7(5)6;2-1(3)4/h;2-4H. The van der Waals surface area contributed by atoms with E-state index in [0.717, 1.165) is 0 Å². The Morgan fingerprint density at radius 1 is 1.00 bits per heavy atom. The Balaban J connectivity index is 0. The van der Waals surface area contributed by atoms with E-state index in [0.29, 0.717) is 0 Å². The van der Waals surface area contributed by atoms with Gasteiger partial charge < -0.3 is 15.1 Å². The number of nitrogens with zero attached hydrogens (tertiary/aromatic N) is 1. The Labute approximate surface area is 57.5 Å². The Bertz CT molecular complexity index is 91.5. The van der Waals surface area contributed by atoms with Crippen molar-refractivity contribution in [3.05, 3.63) is 0 Å². The molecule has 0 aliphatic rings. The highest BCUT2D eigenvalue weighted by molar-refractivity contribution is 6.30. The molecule has 0 saturated heterocycles. The monoisotopic (exact) mass is 183 g/mol. The van der Waals surface area contributed by atoms with Crippen molar-refractivity contribution >= 4 is 7.32 Å². The second-order valence-corrected chi connectivity index (χ2v) is 1.05. The van der Waals surface area contributed by atoms with Crippen molar-refractivity contribution in [2.75, 3.05) is 0 Å². The second-order valence-electron chi connectivity index (χ2n) is 1.05. The third kappa shape index (κ3) is 17.7. The van der Waals surface area contributed by atoms with Crippen molar-refractivity contribution < 1.29 is 37.2 Å². The first-order valence-electron chi connectivity index (χ1n) is 1.90. The Morgan fingerprint density at radius 3 is 1.09 bits per heavy atom. The van der Waals surface area contributed by atoms with Crippen LogP contribution in [-0.4, -0.2) is 34.0 Å². The summed E-state index contributed by atoms with van der Waals surface area (Å²) in [4.78, 5) is 0. The van der Waals surface area contributed by atoms with Crippen LogP contribution in [0.4, 0.5) is 22.1 Å². The molecule has 0 radical (unpaired) electrons. The molecule has 68 valence electrons. The first kappa shape index (κ1) is 13.2. The first-order valence-corrected chi connectivity index (χ1v) is 1.90. The minimum Gasteiger partial charge on any atom is -0.402 e. The molecule has 4 nitrogen and oxygen atoms in total. The predicted molar refractivity (Wildman–Crippen MR) is 22.5 cm³/mol. The zero-order valence-corrected chi connectivity index (χ0v) is 4.76. The van der Waals surface area contributed by atoms with Crippen molar-refractivity contribution in [1.82, 2.24) is 5.34 Å². The Kier molecular flexibility index (Phi) is 6.27. The summed E-state index contributed by atoms with van der Waals surface area (Å²) in [5, 5.41) is 18.7. The third-order valence-corrected chi connectivity index (χ3v) is 0.192. The van der Waals surface area contributed by atoms with Gasteiger partial charge in [-0.15, -0.1) is 0 Å². The van der Waals surface area contributed by atoms with Gasteiger partial charge in [-0.25, -0.2) is 0 Å². The molecule has 3 N–H and O–H groups in total. The highest BCUT2D eigenvalue weighted by atomic mass is 19.5. The lowest BCUT2D eigenvalue weighted by atomic mass is 10.3. The molecule has 10 heteroatoms. The van der Waals surface area contributed by atoms with Gasteiger partial charge in [0, 0.05) is 0 Å². The molecule has 0 fully saturated rings. The van der Waals surface area contributed by atoms with Crippen LogP contribution in [0.15, 0.2) is 0 Å². The largest absolute Gasteiger partial charge is 0.631 e. The van der Waals surface area contributed by atoms with Gasteiger partial charge in [0.15, 0.2) is 0 Å². The topological polar surface area (TPSA) is 63.9 Å². The number of hydrogen-bond acceptors (Lipinski definition) is 4. The Morgan fingerprint density at radius 2 is 1.09 bits per heavy atom. The van der Waals surface area contributed by atoms with Gasteiger partial charge in [0.1, 0.15) is 5.34 Å². The van der Waals surface area contributed by atoms with Gasteiger partial charge in [-0.1, -0.05) is 8.96 Å². The number of halogens is 5. The van der Waals surface area contributed by atoms with Crippen LogP contribution in [-0.2, 0) is 0 Å². The first-order chi connectivity index (χ1) is 4.68. The highest BCUT2D eigenvalue weighted by Crippen LogP contribution is 2.20. The van der Waals surface area contributed by atoms with Crippen molar-refractivity contribution in [1.29, 1.82) is 0 Å². The zero-order chi connectivity index (χ0) is 9.65. The van der Waals surface area contributed by atoms with Gasteiger partial charge in [0.2, 0.25) is 0 Å². The molecular weight excluding hydrogens is 180 g/mol. The molecule has 0 aromatic rings. The van der Waals surface area contributed by atoms with E-state index >= 15 is 0 Å². The van der Waals surface area contributed by atoms with Gasteiger partial charge in [0.05, 0.1) is 0 Å². The van der Waals surface area contributed by atoms with Crippen molar-refractivity contribution in [2.45, 2.75) is 6.30 Å². The molecule has 0 aliphatic heterocycles. The van der Waals surface area contributed by atoms with E-state index in [1.54, 1.807) is 0 Å². The molecule has 0 atom stereocenters. The van der Waals surface area contributed by atoms with Crippen LogP contribution in [0, 0.1) is 0 Å². The van der Waals surface area contributed by atoms with Gasteiger partial charge >= 0.3 is 13.6 Å². The van der Waals surface area contributed by atoms with E-state index < -0.39 is 19.0 Å². The number of alkyl halides is 3. The van der Waals surface area contributed by atoms with E-state index in [1.165, 1.54) is 0 Å². The summed E-state index contributed by atoms with van der Waals surface area (Å²) >= 11 is 0. The van der Waals surface area contributed by atoms with Crippen LogP contribution >= 0.6 is 0 Å². The van der Waals surface area contributed by atoms with Crippen LogP contribution in [0.3, 0.4) is 0 Å². The van der Waals surface area contributed by atoms with E-state index in [-0.39, 0.29) is 0 Å². The molecule has 0 amide bonds. The van der Waals surface area contributed by atoms with Crippen LogP contribution in [0.1, 0.15) is 0 Å². The molecule has 0 aliphatic carbocycles. The fraction of sp³-hybridized carbons (Fsp3) is 1.00. The summed E-state index contributed by atoms with van der Waals surface area (Å²) in [6.07, 6.45) is -5.50. The minimum atomic E-state index is -5.50. The van der Waals surface area contributed by atoms with Gasteiger partial charge in [-0.2, -0.15) is 13.2 Å². The van der Waals surface area contributed by atoms with Crippen LogP contribution in [0.2, 0.25) is 0 Å². The summed E-state index contributed by atoms with van der Waals surface area (Å²) < 4.78 is 51.6. The molecule has 0 aromatic carbocycles. The maximum absolute atomic E-state index is 10.4. The molecule has 0 rings (SSSR count). The van der Waals surface area contributed by atoms with E-state index in [2.05, 4.69) is 0 Å². The molecular formula is CH3BF5NO3. The normalized spacial score (nSPS) is 10.6. The quantitative estimate of drug-likeness (QED) is 0.205. The van der Waals surface area contributed by atoms with Gasteiger partial charge in [0.25, 0.3) is 0 Å². The highest BCUT2D eigenvalue weighted by Gasteiger charge is 2.39. The molecule has 0 aromatic heterocycles. The molecule has 0 heterocycles. The number of hydrogen-bond donors (Lipinski definition) is 3. The van der Waals surface area contributed by atoms with Crippen molar-refractivity contribution in [3.8, 4) is 0 Å². The lowest BCUT2D eigenvalue weighted by molar-refractivity contribution is -0.389. The lowest BCUT2D eigenvalue weighted by Crippen LogP contribution is -2.22. The van der Waals surface area contributed by atoms with E-state index in [1.807, 2.05) is 0 Å². The molecule has 0 saturated carbocycles. The predicted octanol–water partition coefficient (Wildman–Crippen LogP) is -0.475. The number of rotatable bonds is 0. The van der Waals surface area contributed by atoms with E-state index in [9.17, 15) is 22.1 Å². The maximum atomic E-state index is 10.4. The van der Waals surface area contributed by atoms with Crippen molar-refractivity contribution in [3.63, 3.8) is 0 Å². The molecule has 0 unspecified atom stereocenters. The van der Waals surface area contributed by atoms with E-state index in [4.69, 9.17) is 15.1 Å². The Hall–Kier alpha value is -0.445. The third-order valence-electron chi connectivity index (χ3n) is 0.192. The summed E-state index contributed by atoms with van der Waals surface area (Å²) in [5.41, 5.74) is 0. The average Bonchev–Trinajstić information content (AvgIpc) is 1.59. The zero-order valence-electron chi connectivity index (χ0n) is 4.76. The molecule has 0 bridgehead atoms. The molecule has 0 spiro atoms. The summed E-state index contributed by atoms with van der Waals surface area (Å²) in [6.45, 7) is 0. The fourth-order valence-corrected chi connectivity index (χ4v) is 0. The van der Waals surface area contributed by atoms with Gasteiger partial charge in [-0.3, -0.25) is 0 Å². The van der Waals surface area contributed by atoms with Crippen LogP contribution in [0.5, 0.6) is 0 Å². The van der Waals surface area contributed by atoms with Crippen LogP contribution < -0.4 is 0 Å². The van der Waals surface area contributed by atoms with Crippen molar-refractivity contribution in [2.24, 2.45) is 0 Å².